The molecule has 0 saturated carbocycles. The van der Waals surface area contributed by atoms with Gasteiger partial charge in [-0.3, -0.25) is 0 Å². The van der Waals surface area contributed by atoms with Crippen LogP contribution in [0.25, 0.3) is 0 Å². The first-order valence-corrected chi connectivity index (χ1v) is 6.60. The molecule has 1 rings (SSSR count). The van der Waals surface area contributed by atoms with Crippen LogP contribution in [0.15, 0.2) is 18.2 Å². The lowest BCUT2D eigenvalue weighted by atomic mass is 10.1. The van der Waals surface area contributed by atoms with E-state index in [2.05, 4.69) is 12.2 Å². The Balaban J connectivity index is 2.82. The summed E-state index contributed by atoms with van der Waals surface area (Å²) in [5, 5.41) is 3.21. The number of hydrogen-bond donors (Lipinski definition) is 1. The van der Waals surface area contributed by atoms with E-state index in [1.165, 1.54) is 12.1 Å². The van der Waals surface area contributed by atoms with E-state index in [0.717, 1.165) is 24.1 Å². The van der Waals surface area contributed by atoms with Crippen LogP contribution < -0.4 is 5.32 Å². The van der Waals surface area contributed by atoms with E-state index in [-0.39, 0.29) is 6.04 Å². The Labute approximate surface area is 99.6 Å². The predicted octanol–water partition coefficient (Wildman–Crippen LogP) is 3.37. The Morgan fingerprint density at radius 3 is 2.62 bits per heavy atom. The highest BCUT2D eigenvalue weighted by molar-refractivity contribution is 7.99. The summed E-state index contributed by atoms with van der Waals surface area (Å²) in [5.41, 5.74) is 0.546. The molecule has 0 radical (unpaired) electrons. The van der Waals surface area contributed by atoms with Gasteiger partial charge in [-0.25, -0.2) is 8.78 Å². The lowest BCUT2D eigenvalue weighted by molar-refractivity contribution is 0.531. The zero-order valence-corrected chi connectivity index (χ0v) is 10.4. The number of thioether (sulfide) groups is 1. The van der Waals surface area contributed by atoms with Gasteiger partial charge in [0.15, 0.2) is 0 Å². The summed E-state index contributed by atoms with van der Waals surface area (Å²) in [5.74, 6) is 0.791. The number of hydrogen-bond acceptors (Lipinski definition) is 2. The highest BCUT2D eigenvalue weighted by Crippen LogP contribution is 2.21. The molecule has 0 aliphatic heterocycles. The molecule has 0 bridgehead atoms. The molecule has 0 heterocycles. The minimum Gasteiger partial charge on any atom is -0.309 e. The molecule has 0 spiro atoms. The fourth-order valence-corrected chi connectivity index (χ4v) is 2.29. The van der Waals surface area contributed by atoms with E-state index in [0.29, 0.717) is 5.56 Å². The summed E-state index contributed by atoms with van der Waals surface area (Å²) in [6.45, 7) is 4.81. The molecule has 16 heavy (non-hydrogen) atoms. The molecular formula is C12H17F2NS. The Morgan fingerprint density at radius 2 is 2.06 bits per heavy atom. The second-order valence-corrected chi connectivity index (χ2v) is 4.75. The number of halogens is 2. The van der Waals surface area contributed by atoms with Gasteiger partial charge < -0.3 is 5.32 Å². The predicted molar refractivity (Wildman–Crippen MR) is 65.8 cm³/mol. The van der Waals surface area contributed by atoms with Crippen LogP contribution in [0.5, 0.6) is 0 Å². The maximum Gasteiger partial charge on any atom is 0.130 e. The first kappa shape index (κ1) is 13.5. The molecule has 0 fully saturated rings. The SMILES string of the molecule is CCNC(CSCC)c1ccc(F)cc1F. The minimum atomic E-state index is -0.528. The second-order valence-electron chi connectivity index (χ2n) is 3.44. The fraction of sp³-hybridized carbons (Fsp3) is 0.500. The Hall–Kier alpha value is -0.610. The van der Waals surface area contributed by atoms with Crippen LogP contribution >= 0.6 is 11.8 Å². The van der Waals surface area contributed by atoms with E-state index < -0.39 is 11.6 Å². The van der Waals surface area contributed by atoms with Crippen molar-refractivity contribution in [2.75, 3.05) is 18.1 Å². The molecule has 0 aliphatic rings. The number of nitrogens with one attached hydrogen (secondary N) is 1. The molecule has 90 valence electrons. The van der Waals surface area contributed by atoms with Gasteiger partial charge in [0.05, 0.1) is 0 Å². The molecule has 1 atom stereocenters. The molecule has 0 saturated heterocycles. The lowest BCUT2D eigenvalue weighted by Crippen LogP contribution is -2.24. The van der Waals surface area contributed by atoms with E-state index in [9.17, 15) is 8.78 Å². The van der Waals surface area contributed by atoms with Crippen LogP contribution in [0.2, 0.25) is 0 Å². The highest BCUT2D eigenvalue weighted by Gasteiger charge is 2.14. The van der Waals surface area contributed by atoms with Gasteiger partial charge in [0.1, 0.15) is 11.6 Å². The fourth-order valence-electron chi connectivity index (χ4n) is 1.52. The molecule has 1 aromatic carbocycles. The molecule has 0 amide bonds. The van der Waals surface area contributed by atoms with E-state index >= 15 is 0 Å². The molecule has 1 unspecified atom stereocenters. The van der Waals surface area contributed by atoms with Gasteiger partial charge in [0.25, 0.3) is 0 Å². The molecule has 4 heteroatoms. The normalized spacial score (nSPS) is 12.8. The van der Waals surface area contributed by atoms with Crippen LogP contribution in [-0.2, 0) is 0 Å². The van der Waals surface area contributed by atoms with E-state index in [1.807, 2.05) is 6.92 Å². The molecule has 0 aromatic heterocycles. The van der Waals surface area contributed by atoms with Crippen molar-refractivity contribution in [3.05, 3.63) is 35.4 Å². The van der Waals surface area contributed by atoms with Gasteiger partial charge in [-0.05, 0) is 18.4 Å². The first-order chi connectivity index (χ1) is 7.69. The number of rotatable bonds is 6. The van der Waals surface area contributed by atoms with Crippen molar-refractivity contribution in [3.63, 3.8) is 0 Å². The second kappa shape index (κ2) is 6.86. The molecule has 1 aromatic rings. The molecule has 1 N–H and O–H groups in total. The van der Waals surface area contributed by atoms with E-state index in [1.54, 1.807) is 11.8 Å². The van der Waals surface area contributed by atoms with Gasteiger partial charge in [0.2, 0.25) is 0 Å². The third-order valence-corrected chi connectivity index (χ3v) is 3.25. The quantitative estimate of drug-likeness (QED) is 0.824. The van der Waals surface area contributed by atoms with Crippen molar-refractivity contribution in [2.45, 2.75) is 19.9 Å². The average molecular weight is 245 g/mol. The Morgan fingerprint density at radius 1 is 1.31 bits per heavy atom. The topological polar surface area (TPSA) is 12.0 Å². The third-order valence-electron chi connectivity index (χ3n) is 2.28. The van der Waals surface area contributed by atoms with E-state index in [4.69, 9.17) is 0 Å². The van der Waals surface area contributed by atoms with Crippen LogP contribution in [0.4, 0.5) is 8.78 Å². The summed E-state index contributed by atoms with van der Waals surface area (Å²) in [7, 11) is 0. The minimum absolute atomic E-state index is 0.0458. The zero-order chi connectivity index (χ0) is 12.0. The number of benzene rings is 1. The van der Waals surface area contributed by atoms with Crippen molar-refractivity contribution < 1.29 is 8.78 Å². The van der Waals surface area contributed by atoms with Gasteiger partial charge in [-0.1, -0.05) is 19.9 Å². The van der Waals surface area contributed by atoms with Crippen molar-refractivity contribution >= 4 is 11.8 Å². The Kier molecular flexibility index (Phi) is 5.77. The largest absolute Gasteiger partial charge is 0.309 e. The van der Waals surface area contributed by atoms with Crippen LogP contribution in [0.3, 0.4) is 0 Å². The maximum atomic E-state index is 13.6. The summed E-state index contributed by atoms with van der Waals surface area (Å²) in [6, 6.07) is 3.72. The molecule has 1 nitrogen and oxygen atoms in total. The van der Waals surface area contributed by atoms with Crippen molar-refractivity contribution in [1.29, 1.82) is 0 Å². The van der Waals surface area contributed by atoms with Gasteiger partial charge in [-0.2, -0.15) is 11.8 Å². The van der Waals surface area contributed by atoms with Gasteiger partial charge in [-0.15, -0.1) is 0 Å². The summed E-state index contributed by atoms with van der Waals surface area (Å²) >= 11 is 1.74. The van der Waals surface area contributed by atoms with Gasteiger partial charge >= 0.3 is 0 Å². The smallest absolute Gasteiger partial charge is 0.130 e. The lowest BCUT2D eigenvalue weighted by Gasteiger charge is -2.18. The van der Waals surface area contributed by atoms with Crippen LogP contribution in [-0.4, -0.2) is 18.1 Å². The van der Waals surface area contributed by atoms with Crippen molar-refractivity contribution in [2.24, 2.45) is 0 Å². The summed E-state index contributed by atoms with van der Waals surface area (Å²) < 4.78 is 26.3. The highest BCUT2D eigenvalue weighted by atomic mass is 32.2. The Bertz CT molecular complexity index is 331. The zero-order valence-electron chi connectivity index (χ0n) is 9.59. The monoisotopic (exact) mass is 245 g/mol. The first-order valence-electron chi connectivity index (χ1n) is 5.45. The van der Waals surface area contributed by atoms with Gasteiger partial charge in [0, 0.05) is 23.4 Å². The average Bonchev–Trinajstić information content (AvgIpc) is 2.25. The van der Waals surface area contributed by atoms with Crippen LogP contribution in [0, 0.1) is 11.6 Å². The summed E-state index contributed by atoms with van der Waals surface area (Å²) in [6.07, 6.45) is 0. The third kappa shape index (κ3) is 3.76. The summed E-state index contributed by atoms with van der Waals surface area (Å²) in [4.78, 5) is 0. The molecule has 0 aliphatic carbocycles. The van der Waals surface area contributed by atoms with Crippen molar-refractivity contribution in [3.8, 4) is 0 Å². The molecular weight excluding hydrogens is 228 g/mol. The maximum absolute atomic E-state index is 13.6. The van der Waals surface area contributed by atoms with Crippen molar-refractivity contribution in [1.82, 2.24) is 5.32 Å². The van der Waals surface area contributed by atoms with Crippen LogP contribution in [0.1, 0.15) is 25.5 Å². The standard InChI is InChI=1S/C12H17F2NS/c1-3-15-12(8-16-4-2)10-6-5-9(13)7-11(10)14/h5-7,12,15H,3-4,8H2,1-2H3.